The Kier molecular flexibility index (Phi) is 4.03. The molecule has 2 rings (SSSR count). The number of hydrogen-bond acceptors (Lipinski definition) is 2. The van der Waals surface area contributed by atoms with Crippen molar-refractivity contribution < 1.29 is 32.7 Å². The zero-order valence-corrected chi connectivity index (χ0v) is 10.6. The molecule has 0 atom stereocenters. The summed E-state index contributed by atoms with van der Waals surface area (Å²) in [5.74, 6) is 2.78. The molecule has 0 aliphatic heterocycles. The van der Waals surface area contributed by atoms with Crippen LogP contribution in [0.15, 0.2) is 4.79 Å². The molecule has 1 aliphatic carbocycles. The van der Waals surface area contributed by atoms with E-state index in [0.717, 1.165) is 30.5 Å². The number of nitrogens with zero attached hydrogens (tertiary/aromatic N) is 1. The molecule has 0 saturated heterocycles. The number of H-pyrrole nitrogens is 1. The van der Waals surface area contributed by atoms with Crippen LogP contribution in [0.25, 0.3) is 0 Å². The predicted molar refractivity (Wildman–Crippen MR) is 47.7 cm³/mol. The van der Waals surface area contributed by atoms with E-state index in [-0.39, 0.29) is 38.3 Å². The molecule has 14 heavy (non-hydrogen) atoms. The molecule has 1 aromatic rings. The molecule has 69 valence electrons. The summed E-state index contributed by atoms with van der Waals surface area (Å²) in [6, 6.07) is 0. The van der Waals surface area contributed by atoms with Gasteiger partial charge in [0.1, 0.15) is 5.82 Å². The first-order valence-corrected chi connectivity index (χ1v) is 4.32. The van der Waals surface area contributed by atoms with E-state index in [0.29, 0.717) is 12.2 Å². The Balaban J connectivity index is 0.000000980. The largest absolute Gasteiger partial charge is 0.693 e. The van der Waals surface area contributed by atoms with Gasteiger partial charge in [0.2, 0.25) is 0 Å². The fourth-order valence-electron chi connectivity index (χ4n) is 1.66. The number of hydrogen-bond donors (Lipinski definition) is 1. The van der Waals surface area contributed by atoms with Crippen LogP contribution in [0.1, 0.15) is 23.5 Å². The first-order chi connectivity index (χ1) is 6.31. The third-order valence-corrected chi connectivity index (χ3v) is 2.25. The number of rotatable bonds is 1. The molecule has 0 spiro atoms. The van der Waals surface area contributed by atoms with Crippen LogP contribution in [0.4, 0.5) is 0 Å². The van der Waals surface area contributed by atoms with Gasteiger partial charge in [0, 0.05) is 44.7 Å². The van der Waals surface area contributed by atoms with Gasteiger partial charge in [0.15, 0.2) is 0 Å². The Morgan fingerprint density at radius 2 is 2.29 bits per heavy atom. The Hall–Kier alpha value is -0.456. The Labute approximate surface area is 108 Å². The van der Waals surface area contributed by atoms with Gasteiger partial charge in [-0.3, -0.25) is 4.79 Å². The van der Waals surface area contributed by atoms with E-state index < -0.39 is 0 Å². The third kappa shape index (κ3) is 2.13. The van der Waals surface area contributed by atoms with Crippen LogP contribution in [0.5, 0.6) is 0 Å². The molecular weight excluding hydrogens is 253 g/mol. The molecule has 0 fully saturated rings. The average molecular weight is 262 g/mol. The number of fused-ring (bicyclic) bond motifs is 1. The molecule has 1 aliphatic rings. The molecule has 0 aromatic carbocycles. The fraction of sp³-hybridized carbons (Fsp3) is 0.400. The molecule has 0 bridgehead atoms. The number of nitrogens with one attached hydrogen (secondary N) is 1. The maximum absolute atomic E-state index is 11.4. The Morgan fingerprint density at radius 3 is 3.00 bits per heavy atom. The van der Waals surface area contributed by atoms with Gasteiger partial charge < -0.3 is 17.3 Å². The molecule has 0 saturated carbocycles. The van der Waals surface area contributed by atoms with E-state index in [9.17, 15) is 4.79 Å². The minimum absolute atomic E-state index is 0. The fourth-order valence-corrected chi connectivity index (χ4v) is 1.66. The molecule has 3 nitrogen and oxygen atoms in total. The standard InChI is InChI=1S/C10H9N2O.Y/c1-2-4-9-11-8-6-3-5-7(8)10(13)12-9;/h3-6H2,(H,11,12,13);/q-1;. The van der Waals surface area contributed by atoms with Gasteiger partial charge in [-0.05, 0) is 19.3 Å². The zero-order chi connectivity index (χ0) is 9.26. The smallest absolute Gasteiger partial charge is 0.254 e. The van der Waals surface area contributed by atoms with Gasteiger partial charge in [0.05, 0.1) is 5.69 Å². The second-order valence-electron chi connectivity index (χ2n) is 3.14. The Bertz CT molecular complexity index is 431. The van der Waals surface area contributed by atoms with E-state index in [2.05, 4.69) is 15.9 Å². The van der Waals surface area contributed by atoms with Gasteiger partial charge in [0.25, 0.3) is 5.56 Å². The topological polar surface area (TPSA) is 45.8 Å². The van der Waals surface area contributed by atoms with E-state index in [1.165, 1.54) is 0 Å². The second-order valence-corrected chi connectivity index (χ2v) is 3.14. The molecule has 1 aromatic heterocycles. The second kappa shape index (κ2) is 4.86. The van der Waals surface area contributed by atoms with E-state index >= 15 is 0 Å². The molecule has 0 unspecified atom stereocenters. The summed E-state index contributed by atoms with van der Waals surface area (Å²) in [5.41, 5.74) is 1.70. The number of aryl methyl sites for hydroxylation is 1. The molecule has 1 heterocycles. The van der Waals surface area contributed by atoms with Crippen LogP contribution in [0.3, 0.4) is 0 Å². The van der Waals surface area contributed by atoms with Crippen LogP contribution in [-0.2, 0) is 52.0 Å². The number of aromatic nitrogens is 2. The van der Waals surface area contributed by atoms with Gasteiger partial charge in [-0.2, -0.15) is 0 Å². The first kappa shape index (κ1) is 11.6. The monoisotopic (exact) mass is 262 g/mol. The normalized spacial score (nSPS) is 12.8. The van der Waals surface area contributed by atoms with Crippen molar-refractivity contribution in [2.75, 3.05) is 0 Å². The maximum Gasteiger partial charge on any atom is 0.254 e. The summed E-state index contributed by atoms with van der Waals surface area (Å²) in [4.78, 5) is 18.3. The van der Waals surface area contributed by atoms with Crippen molar-refractivity contribution >= 4 is 0 Å². The Morgan fingerprint density at radius 1 is 1.50 bits per heavy atom. The third-order valence-electron chi connectivity index (χ3n) is 2.25. The summed E-state index contributed by atoms with van der Waals surface area (Å²) in [7, 11) is 0. The molecule has 0 amide bonds. The van der Waals surface area contributed by atoms with Crippen molar-refractivity contribution in [2.24, 2.45) is 0 Å². The SMILES string of the molecule is [C-]#CCc1nc2c(c(=O)[nH]1)CCC2.[Y]. The summed E-state index contributed by atoms with van der Waals surface area (Å²) >= 11 is 0. The maximum atomic E-state index is 11.4. The first-order valence-electron chi connectivity index (χ1n) is 4.32. The van der Waals surface area contributed by atoms with Gasteiger partial charge in [-0.25, -0.2) is 4.98 Å². The molecule has 1 radical (unpaired) electrons. The molecular formula is C10H9N2OY-. The van der Waals surface area contributed by atoms with E-state index in [4.69, 9.17) is 6.42 Å². The minimum atomic E-state index is -0.0345. The van der Waals surface area contributed by atoms with Crippen molar-refractivity contribution in [3.63, 3.8) is 0 Å². The summed E-state index contributed by atoms with van der Waals surface area (Å²) < 4.78 is 0. The minimum Gasteiger partial charge on any atom is -0.693 e. The molecule has 1 N–H and O–H groups in total. The summed E-state index contributed by atoms with van der Waals surface area (Å²) in [6.45, 7) is 0. The van der Waals surface area contributed by atoms with Gasteiger partial charge in [-0.1, -0.05) is 0 Å². The van der Waals surface area contributed by atoms with E-state index in [1.807, 2.05) is 0 Å². The quantitative estimate of drug-likeness (QED) is 0.587. The van der Waals surface area contributed by atoms with Crippen LogP contribution in [0, 0.1) is 12.3 Å². The zero-order valence-electron chi connectivity index (χ0n) is 7.76. The van der Waals surface area contributed by atoms with Crippen molar-refractivity contribution in [1.29, 1.82) is 0 Å². The van der Waals surface area contributed by atoms with Gasteiger partial charge >= 0.3 is 0 Å². The van der Waals surface area contributed by atoms with Crippen LogP contribution in [-0.4, -0.2) is 9.97 Å². The molecule has 4 heteroatoms. The van der Waals surface area contributed by atoms with Crippen molar-refractivity contribution in [3.8, 4) is 5.92 Å². The number of aromatic amines is 1. The van der Waals surface area contributed by atoms with Crippen molar-refractivity contribution in [1.82, 2.24) is 9.97 Å². The summed E-state index contributed by atoms with van der Waals surface area (Å²) in [5, 5.41) is 0. The van der Waals surface area contributed by atoms with Crippen molar-refractivity contribution in [3.05, 3.63) is 33.9 Å². The van der Waals surface area contributed by atoms with Crippen LogP contribution < -0.4 is 5.56 Å². The average Bonchev–Trinajstić information content (AvgIpc) is 2.53. The van der Waals surface area contributed by atoms with Gasteiger partial charge in [-0.15, -0.1) is 0 Å². The van der Waals surface area contributed by atoms with E-state index in [1.54, 1.807) is 0 Å². The van der Waals surface area contributed by atoms with Crippen LogP contribution in [0.2, 0.25) is 0 Å². The van der Waals surface area contributed by atoms with Crippen molar-refractivity contribution in [2.45, 2.75) is 25.7 Å². The summed E-state index contributed by atoms with van der Waals surface area (Å²) in [6.07, 6.45) is 9.84. The predicted octanol–water partition coefficient (Wildman–Crippen LogP) is 0.388. The van der Waals surface area contributed by atoms with Crippen LogP contribution >= 0.6 is 0 Å².